The van der Waals surface area contributed by atoms with E-state index in [-0.39, 0.29) is 5.41 Å². The first-order valence-corrected chi connectivity index (χ1v) is 10.5. The van der Waals surface area contributed by atoms with Gasteiger partial charge in [0.25, 0.3) is 0 Å². The largest absolute Gasteiger partial charge is 0.455 e. The fourth-order valence-electron chi connectivity index (χ4n) is 5.76. The molecule has 2 heteroatoms. The van der Waals surface area contributed by atoms with E-state index >= 15 is 0 Å². The van der Waals surface area contributed by atoms with Crippen LogP contribution in [0.3, 0.4) is 0 Å². The highest BCUT2D eigenvalue weighted by Gasteiger charge is 2.37. The topological polar surface area (TPSA) is 18.1 Å². The van der Waals surface area contributed by atoms with Crippen molar-refractivity contribution in [3.05, 3.63) is 83.9 Å². The van der Waals surface area contributed by atoms with Crippen LogP contribution in [0.2, 0.25) is 0 Å². The lowest BCUT2D eigenvalue weighted by Gasteiger charge is -2.21. The molecular weight excluding hydrogens is 366 g/mol. The Balaban J connectivity index is 1.73. The molecule has 30 heavy (non-hydrogen) atoms. The van der Waals surface area contributed by atoms with E-state index in [4.69, 9.17) is 4.42 Å². The molecule has 7 rings (SSSR count). The van der Waals surface area contributed by atoms with Gasteiger partial charge in [0, 0.05) is 34.2 Å². The maximum absolute atomic E-state index is 6.40. The fraction of sp³-hybridized carbons (Fsp3) is 0.143. The van der Waals surface area contributed by atoms with Crippen molar-refractivity contribution in [1.29, 1.82) is 0 Å². The molecule has 0 unspecified atom stereocenters. The molecule has 2 aromatic heterocycles. The number of aryl methyl sites for hydroxylation is 1. The maximum Gasteiger partial charge on any atom is 0.145 e. The number of fused-ring (bicyclic) bond motifs is 11. The molecule has 0 atom stereocenters. The van der Waals surface area contributed by atoms with Gasteiger partial charge in [0.15, 0.2) is 0 Å². The van der Waals surface area contributed by atoms with Crippen molar-refractivity contribution < 1.29 is 4.42 Å². The fourth-order valence-corrected chi connectivity index (χ4v) is 5.76. The van der Waals surface area contributed by atoms with Crippen LogP contribution in [0.15, 0.2) is 77.2 Å². The first-order chi connectivity index (χ1) is 14.6. The smallest absolute Gasteiger partial charge is 0.145 e. The van der Waals surface area contributed by atoms with E-state index in [2.05, 4.69) is 92.2 Å². The predicted molar refractivity (Wildman–Crippen MR) is 125 cm³/mol. The van der Waals surface area contributed by atoms with Gasteiger partial charge in [-0.05, 0) is 34.9 Å². The van der Waals surface area contributed by atoms with Crippen LogP contribution in [-0.2, 0) is 12.5 Å². The molecule has 2 nitrogen and oxygen atoms in total. The van der Waals surface area contributed by atoms with Gasteiger partial charge in [0.05, 0.1) is 16.4 Å². The molecule has 4 aromatic carbocycles. The van der Waals surface area contributed by atoms with Crippen molar-refractivity contribution in [2.24, 2.45) is 7.05 Å². The van der Waals surface area contributed by atoms with Gasteiger partial charge in [0.1, 0.15) is 11.2 Å². The van der Waals surface area contributed by atoms with Crippen molar-refractivity contribution in [2.75, 3.05) is 0 Å². The molecule has 0 bridgehead atoms. The van der Waals surface area contributed by atoms with E-state index in [1.165, 1.54) is 54.8 Å². The summed E-state index contributed by atoms with van der Waals surface area (Å²) >= 11 is 0. The second-order valence-electron chi connectivity index (χ2n) is 9.05. The van der Waals surface area contributed by atoms with E-state index in [1.54, 1.807) is 0 Å². The summed E-state index contributed by atoms with van der Waals surface area (Å²) in [6.45, 7) is 4.67. The first-order valence-electron chi connectivity index (χ1n) is 10.5. The number of aromatic nitrogens is 1. The SMILES string of the molecule is Cn1c2ccc3c4ccccc4oc3c2c2ccc3c(c21)-c1ccccc1C3(C)C. The zero-order chi connectivity index (χ0) is 20.2. The zero-order valence-electron chi connectivity index (χ0n) is 17.3. The van der Waals surface area contributed by atoms with Gasteiger partial charge in [-0.25, -0.2) is 0 Å². The first kappa shape index (κ1) is 16.3. The van der Waals surface area contributed by atoms with E-state index in [0.717, 1.165) is 11.2 Å². The molecule has 0 N–H and O–H groups in total. The molecular formula is C28H21NO. The summed E-state index contributed by atoms with van der Waals surface area (Å²) in [6, 6.07) is 26.3. The van der Waals surface area contributed by atoms with Crippen LogP contribution < -0.4 is 0 Å². The van der Waals surface area contributed by atoms with Gasteiger partial charge >= 0.3 is 0 Å². The number of benzene rings is 4. The Labute approximate surface area is 174 Å². The minimum absolute atomic E-state index is 0.00521. The third-order valence-corrected chi connectivity index (χ3v) is 7.21. The highest BCUT2D eigenvalue weighted by atomic mass is 16.3. The van der Waals surface area contributed by atoms with Crippen LogP contribution in [-0.4, -0.2) is 4.57 Å². The van der Waals surface area contributed by atoms with Crippen LogP contribution >= 0.6 is 0 Å². The molecule has 0 saturated carbocycles. The lowest BCUT2D eigenvalue weighted by atomic mass is 9.82. The molecule has 0 amide bonds. The number of hydrogen-bond donors (Lipinski definition) is 0. The molecule has 0 saturated heterocycles. The number of furan rings is 1. The lowest BCUT2D eigenvalue weighted by Crippen LogP contribution is -2.14. The molecule has 0 radical (unpaired) electrons. The summed E-state index contributed by atoms with van der Waals surface area (Å²) in [4.78, 5) is 0. The summed E-state index contributed by atoms with van der Waals surface area (Å²) < 4.78 is 8.76. The highest BCUT2D eigenvalue weighted by molar-refractivity contribution is 6.25. The van der Waals surface area contributed by atoms with E-state index in [1.807, 2.05) is 6.07 Å². The minimum atomic E-state index is 0.00521. The molecule has 1 aliphatic rings. The van der Waals surface area contributed by atoms with Gasteiger partial charge in [0.2, 0.25) is 0 Å². The monoisotopic (exact) mass is 387 g/mol. The minimum Gasteiger partial charge on any atom is -0.455 e. The predicted octanol–water partition coefficient (Wildman–Crippen LogP) is 7.54. The average molecular weight is 387 g/mol. The zero-order valence-corrected chi connectivity index (χ0v) is 17.3. The van der Waals surface area contributed by atoms with Crippen molar-refractivity contribution in [2.45, 2.75) is 19.3 Å². The van der Waals surface area contributed by atoms with E-state index in [0.29, 0.717) is 0 Å². The molecule has 0 spiro atoms. The van der Waals surface area contributed by atoms with Crippen molar-refractivity contribution in [3.63, 3.8) is 0 Å². The Morgan fingerprint density at radius 2 is 1.50 bits per heavy atom. The lowest BCUT2D eigenvalue weighted by molar-refractivity contribution is 0.660. The molecule has 2 heterocycles. The summed E-state index contributed by atoms with van der Waals surface area (Å²) in [5.74, 6) is 0. The molecule has 144 valence electrons. The Kier molecular flexibility index (Phi) is 2.79. The molecule has 6 aromatic rings. The average Bonchev–Trinajstić information content (AvgIpc) is 3.36. The van der Waals surface area contributed by atoms with Crippen LogP contribution in [0, 0.1) is 0 Å². The van der Waals surface area contributed by atoms with Crippen molar-refractivity contribution in [3.8, 4) is 11.1 Å². The Bertz CT molecular complexity index is 1680. The van der Waals surface area contributed by atoms with Gasteiger partial charge in [-0.1, -0.05) is 68.4 Å². The second kappa shape index (κ2) is 5.14. The van der Waals surface area contributed by atoms with Crippen LogP contribution in [0.1, 0.15) is 25.0 Å². The van der Waals surface area contributed by atoms with Gasteiger partial charge < -0.3 is 8.98 Å². The molecule has 0 aliphatic heterocycles. The van der Waals surface area contributed by atoms with Crippen LogP contribution in [0.5, 0.6) is 0 Å². The Hall–Kier alpha value is -3.52. The van der Waals surface area contributed by atoms with Crippen molar-refractivity contribution in [1.82, 2.24) is 4.57 Å². The summed E-state index contributed by atoms with van der Waals surface area (Å²) in [5, 5.41) is 4.85. The second-order valence-corrected chi connectivity index (χ2v) is 9.05. The molecule has 0 fully saturated rings. The normalized spacial score (nSPS) is 14.8. The quantitative estimate of drug-likeness (QED) is 0.263. The van der Waals surface area contributed by atoms with Gasteiger partial charge in [-0.2, -0.15) is 0 Å². The summed E-state index contributed by atoms with van der Waals surface area (Å²) in [7, 11) is 2.19. The maximum atomic E-state index is 6.40. The number of rotatable bonds is 0. The van der Waals surface area contributed by atoms with Crippen LogP contribution in [0.4, 0.5) is 0 Å². The standard InChI is InChI=1S/C28H21NO/c1-28(2)20-10-6-4-9-18(20)24-21(28)14-12-19-25-22(29(3)26(19)24)15-13-17-16-8-5-7-11-23(16)30-27(17)25/h4-15H,1-3H3. The highest BCUT2D eigenvalue weighted by Crippen LogP contribution is 2.52. The Morgan fingerprint density at radius 1 is 0.733 bits per heavy atom. The summed E-state index contributed by atoms with van der Waals surface area (Å²) in [5.41, 5.74) is 10.0. The van der Waals surface area contributed by atoms with E-state index < -0.39 is 0 Å². The third-order valence-electron chi connectivity index (χ3n) is 7.21. The van der Waals surface area contributed by atoms with Crippen molar-refractivity contribution >= 4 is 43.7 Å². The number of para-hydroxylation sites is 1. The Morgan fingerprint density at radius 3 is 2.40 bits per heavy atom. The van der Waals surface area contributed by atoms with E-state index in [9.17, 15) is 0 Å². The third kappa shape index (κ3) is 1.72. The van der Waals surface area contributed by atoms with Gasteiger partial charge in [-0.3, -0.25) is 0 Å². The summed E-state index contributed by atoms with van der Waals surface area (Å²) in [6.07, 6.45) is 0. The molecule has 1 aliphatic carbocycles. The number of nitrogens with zero attached hydrogens (tertiary/aromatic N) is 1. The van der Waals surface area contributed by atoms with Gasteiger partial charge in [-0.15, -0.1) is 0 Å². The van der Waals surface area contributed by atoms with Crippen LogP contribution in [0.25, 0.3) is 54.9 Å². The number of hydrogen-bond acceptors (Lipinski definition) is 1.